The minimum absolute atomic E-state index is 0.0408. The molecule has 3 aromatic rings. The largest absolute Gasteiger partial charge is 0.350 e. The van der Waals surface area contributed by atoms with Crippen LogP contribution < -0.4 is 10.2 Å². The van der Waals surface area contributed by atoms with Crippen molar-refractivity contribution >= 4 is 40.1 Å². The molecule has 0 unspecified atom stereocenters. The molecule has 1 aliphatic heterocycles. The lowest BCUT2D eigenvalue weighted by atomic mass is 9.87. The van der Waals surface area contributed by atoms with Gasteiger partial charge in [0.05, 0.1) is 11.3 Å². The number of nitrogens with zero attached hydrogens (tertiary/aromatic N) is 1. The molecule has 5 heteroatoms. The number of hydrogen-bond acceptors (Lipinski definition) is 4. The predicted octanol–water partition coefficient (Wildman–Crippen LogP) is 6.06. The SMILES string of the molecule is Cc1ccc(N2C(=O)C(Nc3ccc(C(C)(C)C)cc3)=C(c3cccs3)C2=O)cc1C. The molecular formula is C26H26N2O2S. The Morgan fingerprint density at radius 1 is 0.871 bits per heavy atom. The minimum Gasteiger partial charge on any atom is -0.350 e. The number of rotatable bonds is 4. The molecule has 158 valence electrons. The first kappa shape index (κ1) is 21.1. The van der Waals surface area contributed by atoms with E-state index in [9.17, 15) is 9.59 Å². The molecule has 4 rings (SSSR count). The maximum atomic E-state index is 13.4. The number of carbonyl (C=O) groups excluding carboxylic acids is 2. The van der Waals surface area contributed by atoms with Gasteiger partial charge >= 0.3 is 0 Å². The summed E-state index contributed by atoms with van der Waals surface area (Å²) in [5.41, 5.74) is 5.50. The summed E-state index contributed by atoms with van der Waals surface area (Å²) in [4.78, 5) is 28.9. The Balaban J connectivity index is 1.74. The van der Waals surface area contributed by atoms with Crippen molar-refractivity contribution in [3.63, 3.8) is 0 Å². The lowest BCUT2D eigenvalue weighted by Gasteiger charge is -2.19. The van der Waals surface area contributed by atoms with Crippen molar-refractivity contribution < 1.29 is 9.59 Å². The molecule has 1 aromatic heterocycles. The van der Waals surface area contributed by atoms with E-state index >= 15 is 0 Å². The van der Waals surface area contributed by atoms with E-state index in [1.807, 2.05) is 61.7 Å². The number of hydrogen-bond donors (Lipinski definition) is 1. The standard InChI is InChI=1S/C26H26N2O2S/c1-16-8-13-20(15-17(16)2)28-24(29)22(21-7-6-14-31-21)23(25(28)30)27-19-11-9-18(10-12-19)26(3,4)5/h6-15,27H,1-5H3. The Bertz CT molecular complexity index is 1180. The molecule has 2 amide bonds. The Labute approximate surface area is 187 Å². The monoisotopic (exact) mass is 430 g/mol. The smallest absolute Gasteiger partial charge is 0.282 e. The molecule has 2 heterocycles. The van der Waals surface area contributed by atoms with E-state index in [1.165, 1.54) is 21.8 Å². The highest BCUT2D eigenvalue weighted by atomic mass is 32.1. The summed E-state index contributed by atoms with van der Waals surface area (Å²) in [5.74, 6) is -0.638. The van der Waals surface area contributed by atoms with Crippen LogP contribution in [0.25, 0.3) is 5.57 Å². The van der Waals surface area contributed by atoms with Crippen LogP contribution in [0.1, 0.15) is 42.3 Å². The third kappa shape index (κ3) is 3.93. The highest BCUT2D eigenvalue weighted by molar-refractivity contribution is 7.11. The van der Waals surface area contributed by atoms with E-state index in [0.29, 0.717) is 17.0 Å². The zero-order valence-electron chi connectivity index (χ0n) is 18.4. The van der Waals surface area contributed by atoms with Crippen molar-refractivity contribution in [3.05, 3.63) is 87.2 Å². The van der Waals surface area contributed by atoms with Gasteiger partial charge in [-0.3, -0.25) is 9.59 Å². The highest BCUT2D eigenvalue weighted by Gasteiger charge is 2.40. The fourth-order valence-corrected chi connectivity index (χ4v) is 4.36. The number of amides is 2. The van der Waals surface area contributed by atoms with Crippen LogP contribution in [0.5, 0.6) is 0 Å². The van der Waals surface area contributed by atoms with Crippen LogP contribution >= 0.6 is 11.3 Å². The highest BCUT2D eigenvalue weighted by Crippen LogP contribution is 2.36. The normalized spacial score (nSPS) is 14.5. The zero-order valence-corrected chi connectivity index (χ0v) is 19.3. The molecule has 0 saturated carbocycles. The third-order valence-electron chi connectivity index (χ3n) is 5.62. The first-order chi connectivity index (χ1) is 14.7. The maximum Gasteiger partial charge on any atom is 0.282 e. The summed E-state index contributed by atoms with van der Waals surface area (Å²) in [6, 6.07) is 17.4. The summed E-state index contributed by atoms with van der Waals surface area (Å²) in [6.45, 7) is 10.5. The molecule has 0 saturated heterocycles. The molecule has 0 spiro atoms. The maximum absolute atomic E-state index is 13.4. The van der Waals surface area contributed by atoms with E-state index in [2.05, 4.69) is 38.2 Å². The first-order valence-corrected chi connectivity index (χ1v) is 11.2. The van der Waals surface area contributed by atoms with Crippen molar-refractivity contribution in [2.24, 2.45) is 0 Å². The molecule has 1 aliphatic rings. The van der Waals surface area contributed by atoms with Crippen LogP contribution in [0.3, 0.4) is 0 Å². The molecule has 31 heavy (non-hydrogen) atoms. The molecule has 2 aromatic carbocycles. The Morgan fingerprint density at radius 3 is 2.16 bits per heavy atom. The van der Waals surface area contributed by atoms with Gasteiger partial charge in [-0.15, -0.1) is 11.3 Å². The topological polar surface area (TPSA) is 49.4 Å². The fourth-order valence-electron chi connectivity index (χ4n) is 3.59. The van der Waals surface area contributed by atoms with Crippen molar-refractivity contribution in [2.75, 3.05) is 10.2 Å². The van der Waals surface area contributed by atoms with Crippen LogP contribution in [0, 0.1) is 13.8 Å². The summed E-state index contributed by atoms with van der Waals surface area (Å²) >= 11 is 1.45. The molecule has 0 bridgehead atoms. The number of carbonyl (C=O) groups is 2. The number of imide groups is 1. The quantitative estimate of drug-likeness (QED) is 0.512. The molecule has 0 aliphatic carbocycles. The van der Waals surface area contributed by atoms with Gasteiger partial charge < -0.3 is 5.32 Å². The summed E-state index contributed by atoms with van der Waals surface area (Å²) < 4.78 is 0. The summed E-state index contributed by atoms with van der Waals surface area (Å²) in [7, 11) is 0. The number of nitrogens with one attached hydrogen (secondary N) is 1. The van der Waals surface area contributed by atoms with Crippen molar-refractivity contribution in [1.82, 2.24) is 0 Å². The van der Waals surface area contributed by atoms with Gasteiger partial charge in [0.2, 0.25) is 0 Å². The fraction of sp³-hybridized carbons (Fsp3) is 0.231. The van der Waals surface area contributed by atoms with Gasteiger partial charge in [-0.2, -0.15) is 0 Å². The Kier molecular flexibility index (Phi) is 5.31. The average Bonchev–Trinajstić information content (AvgIpc) is 3.31. The summed E-state index contributed by atoms with van der Waals surface area (Å²) in [6.07, 6.45) is 0. The Hall–Kier alpha value is -3.18. The van der Waals surface area contributed by atoms with E-state index in [0.717, 1.165) is 21.7 Å². The third-order valence-corrected chi connectivity index (χ3v) is 6.51. The molecule has 1 N–H and O–H groups in total. The molecule has 0 radical (unpaired) electrons. The molecule has 0 atom stereocenters. The van der Waals surface area contributed by atoms with Crippen LogP contribution in [0.2, 0.25) is 0 Å². The first-order valence-electron chi connectivity index (χ1n) is 10.3. The zero-order chi connectivity index (χ0) is 22.3. The van der Waals surface area contributed by atoms with Crippen LogP contribution in [-0.4, -0.2) is 11.8 Å². The van der Waals surface area contributed by atoms with Crippen molar-refractivity contribution in [2.45, 2.75) is 40.0 Å². The van der Waals surface area contributed by atoms with E-state index in [-0.39, 0.29) is 17.2 Å². The predicted molar refractivity (Wildman–Crippen MR) is 128 cm³/mol. The van der Waals surface area contributed by atoms with E-state index < -0.39 is 0 Å². The Morgan fingerprint density at radius 2 is 1.58 bits per heavy atom. The van der Waals surface area contributed by atoms with Crippen LogP contribution in [0.15, 0.2) is 65.7 Å². The molecular weight excluding hydrogens is 404 g/mol. The van der Waals surface area contributed by atoms with Gasteiger partial charge in [-0.25, -0.2) is 4.90 Å². The number of benzene rings is 2. The van der Waals surface area contributed by atoms with Gasteiger partial charge in [-0.05, 0) is 71.7 Å². The van der Waals surface area contributed by atoms with Gasteiger partial charge in [0, 0.05) is 10.6 Å². The van der Waals surface area contributed by atoms with E-state index in [1.54, 1.807) is 0 Å². The van der Waals surface area contributed by atoms with Gasteiger partial charge in [-0.1, -0.05) is 45.0 Å². The van der Waals surface area contributed by atoms with Gasteiger partial charge in [0.25, 0.3) is 11.8 Å². The lowest BCUT2D eigenvalue weighted by Crippen LogP contribution is -2.32. The average molecular weight is 431 g/mol. The molecule has 0 fully saturated rings. The van der Waals surface area contributed by atoms with Gasteiger partial charge in [0.15, 0.2) is 0 Å². The van der Waals surface area contributed by atoms with Crippen molar-refractivity contribution in [3.8, 4) is 0 Å². The minimum atomic E-state index is -0.337. The van der Waals surface area contributed by atoms with Crippen LogP contribution in [-0.2, 0) is 15.0 Å². The number of aryl methyl sites for hydroxylation is 2. The number of anilines is 2. The van der Waals surface area contributed by atoms with Crippen molar-refractivity contribution in [1.29, 1.82) is 0 Å². The second-order valence-electron chi connectivity index (χ2n) is 8.89. The lowest BCUT2D eigenvalue weighted by molar-refractivity contribution is -0.120. The molecule has 4 nitrogen and oxygen atoms in total. The van der Waals surface area contributed by atoms with Crippen LogP contribution in [0.4, 0.5) is 11.4 Å². The van der Waals surface area contributed by atoms with Gasteiger partial charge in [0.1, 0.15) is 5.70 Å². The summed E-state index contributed by atoms with van der Waals surface area (Å²) in [5, 5.41) is 5.15. The second kappa shape index (κ2) is 7.82. The van der Waals surface area contributed by atoms with E-state index in [4.69, 9.17) is 0 Å². The number of thiophene rings is 1. The second-order valence-corrected chi connectivity index (χ2v) is 9.84.